The maximum atomic E-state index is 12.4. The lowest BCUT2D eigenvalue weighted by Crippen LogP contribution is -2.26. The number of amides is 1. The molecule has 0 bridgehead atoms. The van der Waals surface area contributed by atoms with Gasteiger partial charge in [-0.05, 0) is 52.8 Å². The molecule has 4 nitrogen and oxygen atoms in total. The van der Waals surface area contributed by atoms with Crippen LogP contribution in [-0.2, 0) is 22.5 Å². The second-order valence-corrected chi connectivity index (χ2v) is 8.41. The summed E-state index contributed by atoms with van der Waals surface area (Å²) in [5.74, 6) is -0.00505. The first-order valence-electron chi connectivity index (χ1n) is 8.77. The summed E-state index contributed by atoms with van der Waals surface area (Å²) < 4.78 is 5.80. The predicted octanol–water partition coefficient (Wildman–Crippen LogP) is 4.67. The summed E-state index contributed by atoms with van der Waals surface area (Å²) in [7, 11) is 0. The number of hydrogen-bond donors (Lipinski definition) is 1. The molecule has 3 aromatic rings. The molecule has 1 unspecified atom stereocenters. The lowest BCUT2D eigenvalue weighted by atomic mass is 10.1. The summed E-state index contributed by atoms with van der Waals surface area (Å²) in [6.45, 7) is 1.16. The van der Waals surface area contributed by atoms with Gasteiger partial charge in [0.05, 0.1) is 13.0 Å². The van der Waals surface area contributed by atoms with Gasteiger partial charge in [-0.25, -0.2) is 0 Å². The van der Waals surface area contributed by atoms with Crippen LogP contribution in [0.1, 0.15) is 33.4 Å². The van der Waals surface area contributed by atoms with Crippen LogP contribution in [0.15, 0.2) is 47.8 Å². The molecule has 0 aliphatic carbocycles. The van der Waals surface area contributed by atoms with E-state index in [1.54, 1.807) is 11.3 Å². The van der Waals surface area contributed by atoms with Crippen LogP contribution in [-0.4, -0.2) is 12.5 Å². The predicted molar refractivity (Wildman–Crippen MR) is 108 cm³/mol. The van der Waals surface area contributed by atoms with Crippen molar-refractivity contribution in [3.63, 3.8) is 0 Å². The minimum absolute atomic E-state index is 0.00505. The Hall–Kier alpha value is -2.46. The first kappa shape index (κ1) is 17.9. The molecule has 0 spiro atoms. The van der Waals surface area contributed by atoms with Gasteiger partial charge >= 0.3 is 0 Å². The van der Waals surface area contributed by atoms with Crippen LogP contribution < -0.4 is 5.32 Å². The fraction of sp³-hybridized carbons (Fsp3) is 0.238. The summed E-state index contributed by atoms with van der Waals surface area (Å²) in [4.78, 5) is 15.3. The quantitative estimate of drug-likeness (QED) is 0.684. The average molecular weight is 395 g/mol. The highest BCUT2D eigenvalue weighted by Crippen LogP contribution is 2.34. The number of thiophene rings is 2. The lowest BCUT2D eigenvalue weighted by molar-refractivity contribution is -0.124. The van der Waals surface area contributed by atoms with E-state index in [0.717, 1.165) is 22.4 Å². The molecule has 0 radical (unpaired) electrons. The molecule has 1 amide bonds. The number of ether oxygens (including phenoxy) is 1. The third kappa shape index (κ3) is 4.11. The van der Waals surface area contributed by atoms with Crippen molar-refractivity contribution in [1.82, 2.24) is 5.32 Å². The van der Waals surface area contributed by atoms with Crippen molar-refractivity contribution in [3.8, 4) is 16.5 Å². The van der Waals surface area contributed by atoms with E-state index in [1.807, 2.05) is 30.3 Å². The van der Waals surface area contributed by atoms with E-state index in [4.69, 9.17) is 10.00 Å². The molecule has 6 heteroatoms. The standard InChI is InChI=1S/C21H18N2O2S2/c22-12-17-4-5-19(27-17)16-3-1-2-14(10-16)13-23-20(24)11-18-21-15(6-8-25-18)7-9-26-21/h1-5,7,9-10,18H,6,8,11,13H2,(H,23,24). The Balaban J connectivity index is 1.37. The molecule has 1 aliphatic heterocycles. The van der Waals surface area contributed by atoms with Crippen LogP contribution in [0, 0.1) is 11.3 Å². The Morgan fingerprint density at radius 2 is 2.22 bits per heavy atom. The first-order valence-corrected chi connectivity index (χ1v) is 10.5. The van der Waals surface area contributed by atoms with Crippen molar-refractivity contribution in [2.45, 2.75) is 25.5 Å². The van der Waals surface area contributed by atoms with E-state index in [-0.39, 0.29) is 12.0 Å². The summed E-state index contributed by atoms with van der Waals surface area (Å²) >= 11 is 3.14. The van der Waals surface area contributed by atoms with Crippen LogP contribution in [0.4, 0.5) is 0 Å². The van der Waals surface area contributed by atoms with E-state index in [1.165, 1.54) is 21.8 Å². The van der Waals surface area contributed by atoms with Crippen molar-refractivity contribution >= 4 is 28.6 Å². The number of nitriles is 1. The molecule has 1 aliphatic rings. The van der Waals surface area contributed by atoms with Crippen molar-refractivity contribution in [1.29, 1.82) is 5.26 Å². The van der Waals surface area contributed by atoms with Crippen LogP contribution in [0.25, 0.3) is 10.4 Å². The average Bonchev–Trinajstić information content (AvgIpc) is 3.36. The van der Waals surface area contributed by atoms with E-state index in [9.17, 15) is 4.79 Å². The maximum absolute atomic E-state index is 12.4. The van der Waals surface area contributed by atoms with Crippen molar-refractivity contribution < 1.29 is 9.53 Å². The van der Waals surface area contributed by atoms with E-state index < -0.39 is 0 Å². The van der Waals surface area contributed by atoms with Gasteiger partial charge in [0.25, 0.3) is 0 Å². The highest BCUT2D eigenvalue weighted by atomic mass is 32.1. The second-order valence-electron chi connectivity index (χ2n) is 6.38. The molecule has 0 fully saturated rings. The maximum Gasteiger partial charge on any atom is 0.223 e. The molecule has 0 saturated heterocycles. The number of fused-ring (bicyclic) bond motifs is 1. The highest BCUT2D eigenvalue weighted by Gasteiger charge is 2.24. The van der Waals surface area contributed by atoms with Gasteiger partial charge in [0, 0.05) is 16.3 Å². The molecule has 0 saturated carbocycles. The smallest absolute Gasteiger partial charge is 0.223 e. The zero-order valence-corrected chi connectivity index (χ0v) is 16.2. The molecule has 1 N–H and O–H groups in total. The Morgan fingerprint density at radius 3 is 3.07 bits per heavy atom. The van der Waals surface area contributed by atoms with Crippen LogP contribution in [0.3, 0.4) is 0 Å². The van der Waals surface area contributed by atoms with Gasteiger partial charge in [-0.15, -0.1) is 22.7 Å². The number of rotatable bonds is 5. The Morgan fingerprint density at radius 1 is 1.30 bits per heavy atom. The van der Waals surface area contributed by atoms with Gasteiger partial charge in [-0.1, -0.05) is 18.2 Å². The summed E-state index contributed by atoms with van der Waals surface area (Å²) in [5, 5.41) is 14.1. The normalized spacial score (nSPS) is 15.7. The van der Waals surface area contributed by atoms with E-state index in [0.29, 0.717) is 24.4 Å². The van der Waals surface area contributed by atoms with Gasteiger partial charge in [0.2, 0.25) is 5.91 Å². The zero-order valence-electron chi connectivity index (χ0n) is 14.6. The van der Waals surface area contributed by atoms with Gasteiger partial charge in [0.15, 0.2) is 0 Å². The molecule has 136 valence electrons. The van der Waals surface area contributed by atoms with Crippen LogP contribution in [0.2, 0.25) is 0 Å². The third-order valence-electron chi connectivity index (χ3n) is 4.55. The Bertz CT molecular complexity index is 1000. The monoisotopic (exact) mass is 394 g/mol. The molecule has 27 heavy (non-hydrogen) atoms. The molecule has 3 heterocycles. The minimum atomic E-state index is -0.129. The van der Waals surface area contributed by atoms with Gasteiger partial charge < -0.3 is 10.1 Å². The highest BCUT2D eigenvalue weighted by molar-refractivity contribution is 7.16. The van der Waals surface area contributed by atoms with Crippen LogP contribution in [0.5, 0.6) is 0 Å². The van der Waals surface area contributed by atoms with Gasteiger partial charge in [0.1, 0.15) is 17.1 Å². The first-order chi connectivity index (χ1) is 13.2. The molecule has 2 aromatic heterocycles. The topological polar surface area (TPSA) is 62.1 Å². The molecule has 1 aromatic carbocycles. The number of nitrogens with zero attached hydrogens (tertiary/aromatic N) is 1. The van der Waals surface area contributed by atoms with Crippen molar-refractivity contribution in [3.05, 3.63) is 68.7 Å². The number of hydrogen-bond acceptors (Lipinski definition) is 5. The number of carbonyl (C=O) groups is 1. The number of carbonyl (C=O) groups excluding carboxylic acids is 1. The third-order valence-corrected chi connectivity index (χ3v) is 6.64. The molecular formula is C21H18N2O2S2. The summed E-state index contributed by atoms with van der Waals surface area (Å²) in [6, 6.07) is 16.1. The van der Waals surface area contributed by atoms with Crippen LogP contribution >= 0.6 is 22.7 Å². The Labute approximate surface area is 166 Å². The molecule has 1 atom stereocenters. The Kier molecular flexibility index (Phi) is 5.35. The van der Waals surface area contributed by atoms with Crippen molar-refractivity contribution in [2.24, 2.45) is 0 Å². The summed E-state index contributed by atoms with van der Waals surface area (Å²) in [5.41, 5.74) is 3.41. The van der Waals surface area contributed by atoms with Crippen molar-refractivity contribution in [2.75, 3.05) is 6.61 Å². The number of benzene rings is 1. The van der Waals surface area contributed by atoms with E-state index >= 15 is 0 Å². The minimum Gasteiger partial charge on any atom is -0.372 e. The molecule has 4 rings (SSSR count). The lowest BCUT2D eigenvalue weighted by Gasteiger charge is -2.22. The second kappa shape index (κ2) is 8.05. The van der Waals surface area contributed by atoms with Gasteiger partial charge in [-0.2, -0.15) is 5.26 Å². The summed E-state index contributed by atoms with van der Waals surface area (Å²) in [6.07, 6.45) is 1.15. The zero-order chi connectivity index (χ0) is 18.6. The largest absolute Gasteiger partial charge is 0.372 e. The SMILES string of the molecule is N#Cc1ccc(-c2cccc(CNC(=O)CC3OCCc4ccsc43)c2)s1. The van der Waals surface area contributed by atoms with E-state index in [2.05, 4.69) is 28.9 Å². The number of nitrogens with one attached hydrogen (secondary N) is 1. The fourth-order valence-corrected chi connectivity index (χ4v) is 5.01. The molecular weight excluding hydrogens is 376 g/mol. The van der Waals surface area contributed by atoms with Gasteiger partial charge in [-0.3, -0.25) is 4.79 Å². The fourth-order valence-electron chi connectivity index (χ4n) is 3.20.